The Hall–Kier alpha value is -0.610. The van der Waals surface area contributed by atoms with E-state index in [-0.39, 0.29) is 0 Å². The minimum atomic E-state index is -0.679. The summed E-state index contributed by atoms with van der Waals surface area (Å²) in [5.41, 5.74) is 0. The number of hydrogen-bond acceptors (Lipinski definition) is 3. The molecular weight excluding hydrogens is 194 g/mol. The molecular formula is C11H21NO3. The molecule has 1 rings (SSSR count). The highest BCUT2D eigenvalue weighted by Crippen LogP contribution is 2.21. The number of hydrogen-bond donors (Lipinski definition) is 1. The minimum Gasteiger partial charge on any atom is -0.481 e. The molecule has 0 aromatic carbocycles. The van der Waals surface area contributed by atoms with Crippen molar-refractivity contribution in [3.8, 4) is 0 Å². The average molecular weight is 215 g/mol. The number of methoxy groups -OCH3 is 1. The number of nitrogens with zero attached hydrogens (tertiary/aromatic N) is 1. The highest BCUT2D eigenvalue weighted by atomic mass is 16.5. The number of aliphatic carboxylic acids is 1. The summed E-state index contributed by atoms with van der Waals surface area (Å²) >= 11 is 0. The summed E-state index contributed by atoms with van der Waals surface area (Å²) in [7, 11) is 1.70. The molecule has 0 saturated carbocycles. The zero-order valence-corrected chi connectivity index (χ0v) is 9.61. The fourth-order valence-electron chi connectivity index (χ4n) is 2.26. The molecule has 15 heavy (non-hydrogen) atoms. The lowest BCUT2D eigenvalue weighted by atomic mass is 9.94. The molecule has 0 amide bonds. The summed E-state index contributed by atoms with van der Waals surface area (Å²) in [5, 5.41) is 8.75. The Balaban J connectivity index is 2.37. The van der Waals surface area contributed by atoms with E-state index in [1.54, 1.807) is 7.11 Å². The van der Waals surface area contributed by atoms with Gasteiger partial charge in [-0.05, 0) is 32.2 Å². The van der Waals surface area contributed by atoms with Gasteiger partial charge in [-0.3, -0.25) is 9.69 Å². The van der Waals surface area contributed by atoms with Gasteiger partial charge in [0.05, 0.1) is 6.61 Å². The van der Waals surface area contributed by atoms with Gasteiger partial charge in [-0.25, -0.2) is 0 Å². The topological polar surface area (TPSA) is 49.8 Å². The monoisotopic (exact) mass is 215 g/mol. The fraction of sp³-hybridized carbons (Fsp3) is 0.909. The predicted octanol–water partition coefficient (Wildman–Crippen LogP) is 1.21. The third-order valence-corrected chi connectivity index (χ3v) is 3.04. The summed E-state index contributed by atoms with van der Waals surface area (Å²) in [5.74, 6) is -0.364. The van der Waals surface area contributed by atoms with E-state index < -0.39 is 5.97 Å². The van der Waals surface area contributed by atoms with Crippen LogP contribution in [-0.2, 0) is 9.53 Å². The molecule has 2 unspecified atom stereocenters. The smallest absolute Gasteiger partial charge is 0.303 e. The fourth-order valence-corrected chi connectivity index (χ4v) is 2.26. The van der Waals surface area contributed by atoms with Gasteiger partial charge in [0, 0.05) is 26.1 Å². The van der Waals surface area contributed by atoms with E-state index in [1.807, 2.05) is 0 Å². The van der Waals surface area contributed by atoms with Gasteiger partial charge in [-0.15, -0.1) is 0 Å². The maximum atomic E-state index is 10.6. The Kier molecular flexibility index (Phi) is 5.05. The Morgan fingerprint density at radius 3 is 3.00 bits per heavy atom. The largest absolute Gasteiger partial charge is 0.481 e. The van der Waals surface area contributed by atoms with Crippen LogP contribution in [0.2, 0.25) is 0 Å². The summed E-state index contributed by atoms with van der Waals surface area (Å²) in [6.07, 6.45) is 2.45. The lowest BCUT2D eigenvalue weighted by Gasteiger charge is -2.36. The maximum absolute atomic E-state index is 10.6. The number of ether oxygens (including phenoxy) is 1. The molecule has 0 spiro atoms. The number of carbonyl (C=O) groups is 1. The molecule has 4 heteroatoms. The lowest BCUT2D eigenvalue weighted by Crippen LogP contribution is -2.43. The van der Waals surface area contributed by atoms with Crippen LogP contribution in [0.1, 0.15) is 26.2 Å². The highest BCUT2D eigenvalue weighted by molar-refractivity contribution is 5.67. The molecule has 0 aromatic rings. The number of piperidine rings is 1. The molecule has 1 aliphatic rings. The first-order valence-corrected chi connectivity index (χ1v) is 5.58. The van der Waals surface area contributed by atoms with Crippen LogP contribution < -0.4 is 0 Å². The number of carboxylic acid groups (broad SMARTS) is 1. The quantitative estimate of drug-likeness (QED) is 0.749. The van der Waals surface area contributed by atoms with Crippen molar-refractivity contribution in [2.75, 3.05) is 26.8 Å². The first-order valence-electron chi connectivity index (χ1n) is 5.58. The van der Waals surface area contributed by atoms with Gasteiger partial charge in [0.2, 0.25) is 0 Å². The first-order chi connectivity index (χ1) is 7.13. The van der Waals surface area contributed by atoms with E-state index in [0.29, 0.717) is 18.4 Å². The average Bonchev–Trinajstić information content (AvgIpc) is 2.17. The predicted molar refractivity (Wildman–Crippen MR) is 57.9 cm³/mol. The van der Waals surface area contributed by atoms with Gasteiger partial charge < -0.3 is 9.84 Å². The molecule has 88 valence electrons. The van der Waals surface area contributed by atoms with Crippen LogP contribution >= 0.6 is 0 Å². The normalized spacial score (nSPS) is 25.1. The maximum Gasteiger partial charge on any atom is 0.303 e. The van der Waals surface area contributed by atoms with Crippen LogP contribution in [0.4, 0.5) is 0 Å². The zero-order valence-electron chi connectivity index (χ0n) is 9.61. The van der Waals surface area contributed by atoms with Crippen molar-refractivity contribution >= 4 is 5.97 Å². The van der Waals surface area contributed by atoms with E-state index in [2.05, 4.69) is 11.8 Å². The number of likely N-dealkylation sites (tertiary alicyclic amines) is 1. The van der Waals surface area contributed by atoms with Crippen molar-refractivity contribution in [1.29, 1.82) is 0 Å². The van der Waals surface area contributed by atoms with Crippen molar-refractivity contribution < 1.29 is 14.6 Å². The van der Waals surface area contributed by atoms with Gasteiger partial charge in [0.1, 0.15) is 0 Å². The molecule has 0 aliphatic carbocycles. The molecule has 4 nitrogen and oxygen atoms in total. The minimum absolute atomic E-state index is 0.302. The molecule has 1 N–H and O–H groups in total. The third-order valence-electron chi connectivity index (χ3n) is 3.04. The van der Waals surface area contributed by atoms with Gasteiger partial charge in [0.15, 0.2) is 0 Å². The zero-order chi connectivity index (χ0) is 11.3. The standard InChI is InChI=1S/C11H21NO3/c1-9(8-15-2)12-5-3-4-10(7-12)6-11(13)14/h9-10H,3-8H2,1-2H3,(H,13,14). The summed E-state index contributed by atoms with van der Waals surface area (Å²) in [6, 6.07) is 0.395. The molecule has 1 saturated heterocycles. The van der Waals surface area contributed by atoms with Gasteiger partial charge in [-0.2, -0.15) is 0 Å². The van der Waals surface area contributed by atoms with Crippen LogP contribution in [0.5, 0.6) is 0 Å². The van der Waals surface area contributed by atoms with Crippen LogP contribution in [0.3, 0.4) is 0 Å². The van der Waals surface area contributed by atoms with Crippen molar-refractivity contribution in [2.45, 2.75) is 32.2 Å². The van der Waals surface area contributed by atoms with E-state index >= 15 is 0 Å². The van der Waals surface area contributed by atoms with Crippen molar-refractivity contribution in [2.24, 2.45) is 5.92 Å². The first kappa shape index (κ1) is 12.5. The van der Waals surface area contributed by atoms with Gasteiger partial charge in [0.25, 0.3) is 0 Å². The Bertz CT molecular complexity index is 208. The van der Waals surface area contributed by atoms with E-state index in [1.165, 1.54) is 0 Å². The summed E-state index contributed by atoms with van der Waals surface area (Å²) in [6.45, 7) is 4.82. The molecule has 0 bridgehead atoms. The molecule has 1 heterocycles. The van der Waals surface area contributed by atoms with E-state index in [9.17, 15) is 4.79 Å². The second kappa shape index (κ2) is 6.08. The Morgan fingerprint density at radius 1 is 1.67 bits per heavy atom. The summed E-state index contributed by atoms with van der Waals surface area (Å²) in [4.78, 5) is 13.0. The second-order valence-electron chi connectivity index (χ2n) is 4.41. The number of rotatable bonds is 5. The van der Waals surface area contributed by atoms with Crippen molar-refractivity contribution in [3.05, 3.63) is 0 Å². The molecule has 0 radical (unpaired) electrons. The van der Waals surface area contributed by atoms with Crippen LogP contribution in [0.15, 0.2) is 0 Å². The van der Waals surface area contributed by atoms with Gasteiger partial charge >= 0.3 is 5.97 Å². The Labute approximate surface area is 91.2 Å². The summed E-state index contributed by atoms with van der Waals surface area (Å²) < 4.78 is 5.12. The third kappa shape index (κ3) is 4.18. The SMILES string of the molecule is COCC(C)N1CCCC(CC(=O)O)C1. The molecule has 1 fully saturated rings. The highest BCUT2D eigenvalue weighted by Gasteiger charge is 2.24. The van der Waals surface area contributed by atoms with E-state index in [4.69, 9.17) is 9.84 Å². The van der Waals surface area contributed by atoms with Crippen LogP contribution in [-0.4, -0.2) is 48.8 Å². The van der Waals surface area contributed by atoms with E-state index in [0.717, 1.165) is 32.5 Å². The van der Waals surface area contributed by atoms with Crippen LogP contribution in [0.25, 0.3) is 0 Å². The molecule has 1 aliphatic heterocycles. The molecule has 2 atom stereocenters. The van der Waals surface area contributed by atoms with Crippen molar-refractivity contribution in [1.82, 2.24) is 4.90 Å². The number of carboxylic acids is 1. The van der Waals surface area contributed by atoms with Gasteiger partial charge in [-0.1, -0.05) is 0 Å². The second-order valence-corrected chi connectivity index (χ2v) is 4.41. The lowest BCUT2D eigenvalue weighted by molar-refractivity contribution is -0.138. The molecule has 0 aromatic heterocycles. The van der Waals surface area contributed by atoms with Crippen LogP contribution in [0, 0.1) is 5.92 Å². The van der Waals surface area contributed by atoms with Crippen molar-refractivity contribution in [3.63, 3.8) is 0 Å². The Morgan fingerprint density at radius 2 is 2.40 bits per heavy atom.